The summed E-state index contributed by atoms with van der Waals surface area (Å²) in [7, 11) is 3.47. The molecule has 0 saturated heterocycles. The van der Waals surface area contributed by atoms with Crippen LogP contribution < -0.4 is 10.1 Å². The van der Waals surface area contributed by atoms with Crippen molar-refractivity contribution in [1.29, 1.82) is 0 Å². The average molecular weight is 500 g/mol. The molecule has 8 nitrogen and oxygen atoms in total. The number of carbonyl (C=O) groups excluding carboxylic acids is 2. The molecule has 9 heteroatoms. The molecule has 0 bridgehead atoms. The van der Waals surface area contributed by atoms with Crippen LogP contribution >= 0.6 is 11.8 Å². The Labute approximate surface area is 212 Å². The molecule has 2 aromatic rings. The lowest BCUT2D eigenvalue weighted by Gasteiger charge is -2.41. The summed E-state index contributed by atoms with van der Waals surface area (Å²) in [5.74, 6) is 1.77. The fourth-order valence-corrected chi connectivity index (χ4v) is 6.05. The van der Waals surface area contributed by atoms with Gasteiger partial charge in [-0.3, -0.25) is 9.59 Å². The van der Waals surface area contributed by atoms with Crippen LogP contribution in [0.1, 0.15) is 80.4 Å². The first-order valence-corrected chi connectivity index (χ1v) is 13.8. The van der Waals surface area contributed by atoms with E-state index < -0.39 is 0 Å². The molecule has 2 aliphatic rings. The van der Waals surface area contributed by atoms with Crippen molar-refractivity contribution in [2.45, 2.75) is 88.0 Å². The molecule has 0 unspecified atom stereocenters. The van der Waals surface area contributed by atoms with Crippen LogP contribution in [0.15, 0.2) is 29.4 Å². The lowest BCUT2D eigenvalue weighted by molar-refractivity contribution is -0.135. The zero-order valence-corrected chi connectivity index (χ0v) is 21.7. The van der Waals surface area contributed by atoms with Crippen LogP contribution in [0.4, 0.5) is 0 Å². The maximum absolute atomic E-state index is 13.4. The Kier molecular flexibility index (Phi) is 9.06. The van der Waals surface area contributed by atoms with E-state index in [1.54, 1.807) is 31.4 Å². The number of aromatic nitrogens is 3. The number of benzene rings is 1. The van der Waals surface area contributed by atoms with Gasteiger partial charge in [-0.05, 0) is 49.9 Å². The third kappa shape index (κ3) is 6.57. The average Bonchev–Trinajstić information content (AvgIpc) is 3.26. The van der Waals surface area contributed by atoms with Gasteiger partial charge in [0.1, 0.15) is 5.75 Å². The molecule has 4 rings (SSSR count). The molecule has 2 aliphatic carbocycles. The summed E-state index contributed by atoms with van der Waals surface area (Å²) in [5.41, 5.74) is 0.554. The Balaban J connectivity index is 1.33. The summed E-state index contributed by atoms with van der Waals surface area (Å²) in [5, 5.41) is 12.1. The number of thioether (sulfide) groups is 1. The van der Waals surface area contributed by atoms with Crippen molar-refractivity contribution < 1.29 is 14.3 Å². The molecule has 35 heavy (non-hydrogen) atoms. The van der Waals surface area contributed by atoms with Crippen LogP contribution in [0.3, 0.4) is 0 Å². The number of nitrogens with zero attached hydrogens (tertiary/aromatic N) is 4. The van der Waals surface area contributed by atoms with Crippen molar-refractivity contribution in [2.75, 3.05) is 12.9 Å². The van der Waals surface area contributed by atoms with Gasteiger partial charge in [-0.1, -0.05) is 50.3 Å². The quantitative estimate of drug-likeness (QED) is 0.516. The fourth-order valence-electron chi connectivity index (χ4n) is 5.25. The van der Waals surface area contributed by atoms with E-state index in [1.165, 1.54) is 50.3 Å². The minimum Gasteiger partial charge on any atom is -0.497 e. The van der Waals surface area contributed by atoms with Crippen LogP contribution in [0.5, 0.6) is 5.75 Å². The summed E-state index contributed by atoms with van der Waals surface area (Å²) in [6, 6.07) is 7.75. The molecule has 190 valence electrons. The normalized spacial score (nSPS) is 17.2. The second-order valence-electron chi connectivity index (χ2n) is 9.54. The van der Waals surface area contributed by atoms with Gasteiger partial charge in [-0.25, -0.2) is 0 Å². The molecule has 1 aromatic carbocycles. The van der Waals surface area contributed by atoms with Gasteiger partial charge >= 0.3 is 0 Å². The lowest BCUT2D eigenvalue weighted by atomic mass is 9.88. The maximum Gasteiger partial charge on any atom is 0.251 e. The van der Waals surface area contributed by atoms with Crippen LogP contribution in [-0.2, 0) is 18.4 Å². The van der Waals surface area contributed by atoms with E-state index in [4.69, 9.17) is 4.74 Å². The highest BCUT2D eigenvalue weighted by atomic mass is 32.2. The number of hydrogen-bond donors (Lipinski definition) is 1. The molecule has 1 N–H and O–H groups in total. The molecular weight excluding hydrogens is 462 g/mol. The van der Waals surface area contributed by atoms with Gasteiger partial charge in [0, 0.05) is 24.7 Å². The number of ether oxygens (including phenoxy) is 1. The van der Waals surface area contributed by atoms with Crippen LogP contribution in [-0.4, -0.2) is 56.4 Å². The number of carbonyl (C=O) groups is 2. The van der Waals surface area contributed by atoms with E-state index in [-0.39, 0.29) is 18.4 Å². The summed E-state index contributed by atoms with van der Waals surface area (Å²) >= 11 is 1.44. The standard InChI is InChI=1S/C26H37N5O3S/c1-30-23(17-27-25(33)19-13-15-22(34-2)16-14-19)28-29-26(30)35-18-24(32)31(20-9-5-3-6-10-20)21-11-7-4-8-12-21/h13-16,20-21H,3-12,17-18H2,1-2H3,(H,27,33). The lowest BCUT2D eigenvalue weighted by Crippen LogP contribution is -2.49. The minimum absolute atomic E-state index is 0.185. The largest absolute Gasteiger partial charge is 0.497 e. The van der Waals surface area contributed by atoms with E-state index >= 15 is 0 Å². The Hall–Kier alpha value is -2.55. The summed E-state index contributed by atoms with van der Waals surface area (Å²) in [6.07, 6.45) is 12.0. The summed E-state index contributed by atoms with van der Waals surface area (Å²) < 4.78 is 7.00. The highest BCUT2D eigenvalue weighted by Gasteiger charge is 2.32. The van der Waals surface area contributed by atoms with Crippen LogP contribution in [0.2, 0.25) is 0 Å². The van der Waals surface area contributed by atoms with Gasteiger partial charge in [0.05, 0.1) is 19.4 Å². The van der Waals surface area contributed by atoms with Gasteiger partial charge in [-0.2, -0.15) is 0 Å². The number of nitrogens with one attached hydrogen (secondary N) is 1. The molecular formula is C26H37N5O3S. The molecule has 2 saturated carbocycles. The Morgan fingerprint density at radius 1 is 1.00 bits per heavy atom. The van der Waals surface area contributed by atoms with Crippen LogP contribution in [0.25, 0.3) is 0 Å². The van der Waals surface area contributed by atoms with E-state index in [9.17, 15) is 9.59 Å². The highest BCUT2D eigenvalue weighted by Crippen LogP contribution is 2.31. The number of rotatable bonds is 9. The molecule has 0 atom stereocenters. The number of amides is 2. The van der Waals surface area contributed by atoms with Gasteiger partial charge in [0.15, 0.2) is 11.0 Å². The van der Waals surface area contributed by atoms with Crippen molar-refractivity contribution in [3.63, 3.8) is 0 Å². The molecule has 0 aliphatic heterocycles. The van der Waals surface area contributed by atoms with Gasteiger partial charge < -0.3 is 19.5 Å². The topological polar surface area (TPSA) is 89.3 Å². The number of hydrogen-bond acceptors (Lipinski definition) is 6. The predicted octanol–water partition coefficient (Wildman–Crippen LogP) is 4.34. The van der Waals surface area contributed by atoms with E-state index in [2.05, 4.69) is 20.4 Å². The molecule has 0 spiro atoms. The van der Waals surface area contributed by atoms with Crippen molar-refractivity contribution in [3.8, 4) is 5.75 Å². The SMILES string of the molecule is COc1ccc(C(=O)NCc2nnc(SCC(=O)N(C3CCCCC3)C3CCCCC3)n2C)cc1. The van der Waals surface area contributed by atoms with Crippen molar-refractivity contribution in [2.24, 2.45) is 7.05 Å². The first-order chi connectivity index (χ1) is 17.1. The second kappa shape index (κ2) is 12.4. The highest BCUT2D eigenvalue weighted by molar-refractivity contribution is 7.99. The minimum atomic E-state index is -0.185. The maximum atomic E-state index is 13.4. The predicted molar refractivity (Wildman–Crippen MR) is 136 cm³/mol. The van der Waals surface area contributed by atoms with Crippen molar-refractivity contribution >= 4 is 23.6 Å². The molecule has 2 amide bonds. The van der Waals surface area contributed by atoms with E-state index in [0.717, 1.165) is 25.7 Å². The summed E-state index contributed by atoms with van der Waals surface area (Å²) in [4.78, 5) is 28.1. The Bertz CT molecular complexity index is 963. The van der Waals surface area contributed by atoms with E-state index in [1.807, 2.05) is 11.6 Å². The second-order valence-corrected chi connectivity index (χ2v) is 10.5. The zero-order valence-electron chi connectivity index (χ0n) is 20.9. The van der Waals surface area contributed by atoms with Crippen LogP contribution in [0, 0.1) is 0 Å². The molecule has 1 heterocycles. The van der Waals surface area contributed by atoms with Gasteiger partial charge in [0.2, 0.25) is 5.91 Å². The van der Waals surface area contributed by atoms with Gasteiger partial charge in [0.25, 0.3) is 5.91 Å². The monoisotopic (exact) mass is 499 g/mol. The zero-order chi connectivity index (χ0) is 24.6. The van der Waals surface area contributed by atoms with Crippen molar-refractivity contribution in [3.05, 3.63) is 35.7 Å². The number of methoxy groups -OCH3 is 1. The Morgan fingerprint density at radius 2 is 1.60 bits per heavy atom. The molecule has 2 fully saturated rings. The first-order valence-electron chi connectivity index (χ1n) is 12.8. The fraction of sp³-hybridized carbons (Fsp3) is 0.615. The molecule has 0 radical (unpaired) electrons. The smallest absolute Gasteiger partial charge is 0.251 e. The third-order valence-corrected chi connectivity index (χ3v) is 8.24. The summed E-state index contributed by atoms with van der Waals surface area (Å²) in [6.45, 7) is 0.263. The van der Waals surface area contributed by atoms with Crippen molar-refractivity contribution in [1.82, 2.24) is 25.0 Å². The first kappa shape index (κ1) is 25.5. The van der Waals surface area contributed by atoms with Gasteiger partial charge in [-0.15, -0.1) is 10.2 Å². The Morgan fingerprint density at radius 3 is 2.17 bits per heavy atom. The third-order valence-electron chi connectivity index (χ3n) is 7.23. The van der Waals surface area contributed by atoms with E-state index in [0.29, 0.717) is 40.1 Å². The molecule has 1 aromatic heterocycles.